The van der Waals surface area contributed by atoms with E-state index >= 15 is 0 Å². The number of aromatic nitrogens is 2. The highest BCUT2D eigenvalue weighted by Gasteiger charge is 2.18. The number of carbonyl (C=O) groups excluding carboxylic acids is 1. The first kappa shape index (κ1) is 11.9. The molecule has 88 valence electrons. The van der Waals surface area contributed by atoms with Crippen LogP contribution in [0, 0.1) is 0 Å². The number of anilines is 1. The molecule has 1 aromatic heterocycles. The lowest BCUT2D eigenvalue weighted by atomic mass is 10.2. The largest absolute Gasteiger partial charge is 0.295 e. The molecule has 1 aromatic carbocycles. The van der Waals surface area contributed by atoms with Crippen LogP contribution in [-0.2, 0) is 7.05 Å². The van der Waals surface area contributed by atoms with Crippen LogP contribution in [-0.4, -0.2) is 22.7 Å². The smallest absolute Gasteiger partial charge is 0.259 e. The Kier molecular flexibility index (Phi) is 3.28. The van der Waals surface area contributed by atoms with Crippen LogP contribution in [0.25, 0.3) is 0 Å². The maximum absolute atomic E-state index is 12.2. The summed E-state index contributed by atoms with van der Waals surface area (Å²) >= 11 is 3.38. The highest BCUT2D eigenvalue weighted by atomic mass is 79.9. The van der Waals surface area contributed by atoms with E-state index in [0.717, 1.165) is 10.3 Å². The van der Waals surface area contributed by atoms with Gasteiger partial charge in [0.25, 0.3) is 5.91 Å². The molecule has 2 aromatic rings. The number of nitrogens with zero attached hydrogens (tertiary/aromatic N) is 3. The molecule has 0 aliphatic carbocycles. The molecule has 0 saturated carbocycles. The van der Waals surface area contributed by atoms with Crippen molar-refractivity contribution in [2.24, 2.45) is 7.05 Å². The lowest BCUT2D eigenvalue weighted by Gasteiger charge is -2.17. The molecule has 0 bridgehead atoms. The molecule has 0 atom stereocenters. The molecule has 17 heavy (non-hydrogen) atoms. The molecule has 1 amide bonds. The van der Waals surface area contributed by atoms with E-state index in [9.17, 15) is 4.79 Å². The minimum absolute atomic E-state index is 0.0603. The van der Waals surface area contributed by atoms with Crippen LogP contribution in [0.1, 0.15) is 10.4 Å². The molecular weight excluding hydrogens is 282 g/mol. The van der Waals surface area contributed by atoms with E-state index in [1.54, 1.807) is 42.0 Å². The lowest BCUT2D eigenvalue weighted by molar-refractivity contribution is 0.0991. The zero-order valence-corrected chi connectivity index (χ0v) is 11.2. The van der Waals surface area contributed by atoms with Gasteiger partial charge in [0.15, 0.2) is 0 Å². The van der Waals surface area contributed by atoms with Gasteiger partial charge >= 0.3 is 0 Å². The van der Waals surface area contributed by atoms with E-state index in [2.05, 4.69) is 21.0 Å². The molecule has 1 heterocycles. The van der Waals surface area contributed by atoms with Gasteiger partial charge in [0, 0.05) is 19.7 Å². The van der Waals surface area contributed by atoms with Crippen LogP contribution in [0.2, 0.25) is 0 Å². The van der Waals surface area contributed by atoms with Gasteiger partial charge in [-0.2, -0.15) is 5.10 Å². The first-order valence-electron chi connectivity index (χ1n) is 5.12. The molecule has 0 unspecified atom stereocenters. The summed E-state index contributed by atoms with van der Waals surface area (Å²) in [6.45, 7) is 0. The molecule has 0 N–H and O–H groups in total. The predicted molar refractivity (Wildman–Crippen MR) is 70.1 cm³/mol. The number of amides is 1. The van der Waals surface area contributed by atoms with Crippen LogP contribution in [0.5, 0.6) is 0 Å². The molecule has 0 aliphatic rings. The van der Waals surface area contributed by atoms with Crippen molar-refractivity contribution < 1.29 is 4.79 Å². The van der Waals surface area contributed by atoms with E-state index in [4.69, 9.17) is 0 Å². The monoisotopic (exact) mass is 293 g/mol. The minimum atomic E-state index is -0.0603. The minimum Gasteiger partial charge on any atom is -0.295 e. The first-order valence-corrected chi connectivity index (χ1v) is 5.91. The first-order chi connectivity index (χ1) is 8.11. The van der Waals surface area contributed by atoms with E-state index in [-0.39, 0.29) is 5.91 Å². The summed E-state index contributed by atoms with van der Waals surface area (Å²) in [5, 5.41) is 4.09. The van der Waals surface area contributed by atoms with Gasteiger partial charge in [0.05, 0.1) is 10.7 Å². The Morgan fingerprint density at radius 3 is 2.53 bits per heavy atom. The van der Waals surface area contributed by atoms with Crippen molar-refractivity contribution in [1.82, 2.24) is 9.78 Å². The Hall–Kier alpha value is -1.62. The van der Waals surface area contributed by atoms with Crippen LogP contribution in [0.4, 0.5) is 5.82 Å². The highest BCUT2D eigenvalue weighted by molar-refractivity contribution is 9.10. The standard InChI is InChI=1S/C12H12BrN3O/c1-15(11-10(13)8-14-16(11)2)12(17)9-6-4-3-5-7-9/h3-8H,1-2H3. The Bertz CT molecular complexity index is 516. The highest BCUT2D eigenvalue weighted by Crippen LogP contribution is 2.25. The third kappa shape index (κ3) is 2.24. The molecule has 0 aliphatic heterocycles. The summed E-state index contributed by atoms with van der Waals surface area (Å²) in [4.78, 5) is 13.8. The van der Waals surface area contributed by atoms with E-state index in [0.29, 0.717) is 5.56 Å². The Balaban J connectivity index is 2.33. The molecule has 4 nitrogen and oxygen atoms in total. The van der Waals surface area contributed by atoms with E-state index in [1.807, 2.05) is 18.2 Å². The normalized spacial score (nSPS) is 10.3. The number of benzene rings is 1. The van der Waals surface area contributed by atoms with Crippen LogP contribution in [0.3, 0.4) is 0 Å². The number of rotatable bonds is 2. The lowest BCUT2D eigenvalue weighted by Crippen LogP contribution is -2.28. The van der Waals surface area contributed by atoms with Crippen LogP contribution < -0.4 is 4.90 Å². The molecule has 0 spiro atoms. The number of carbonyl (C=O) groups is 1. The number of aryl methyl sites for hydroxylation is 1. The van der Waals surface area contributed by atoms with Gasteiger partial charge in [-0.15, -0.1) is 0 Å². The third-order valence-corrected chi connectivity index (χ3v) is 3.07. The van der Waals surface area contributed by atoms with E-state index in [1.165, 1.54) is 0 Å². The summed E-state index contributed by atoms with van der Waals surface area (Å²) in [5.74, 6) is 0.675. The fraction of sp³-hybridized carbons (Fsp3) is 0.167. The SMILES string of the molecule is CN(C(=O)c1ccccc1)c1c(Br)cnn1C. The second kappa shape index (κ2) is 4.71. The van der Waals surface area contributed by atoms with Gasteiger partial charge in [0.2, 0.25) is 0 Å². The molecule has 0 saturated heterocycles. The molecule has 2 rings (SSSR count). The van der Waals surface area contributed by atoms with Gasteiger partial charge < -0.3 is 0 Å². The zero-order chi connectivity index (χ0) is 12.4. The molecule has 0 radical (unpaired) electrons. The van der Waals surface area contributed by atoms with Crippen molar-refractivity contribution in [2.45, 2.75) is 0 Å². The summed E-state index contributed by atoms with van der Waals surface area (Å²) in [5.41, 5.74) is 0.656. The zero-order valence-electron chi connectivity index (χ0n) is 9.59. The Morgan fingerprint density at radius 2 is 2.00 bits per heavy atom. The topological polar surface area (TPSA) is 38.1 Å². The Morgan fingerprint density at radius 1 is 1.35 bits per heavy atom. The van der Waals surface area contributed by atoms with Gasteiger partial charge in [0.1, 0.15) is 5.82 Å². The van der Waals surface area contributed by atoms with Crippen molar-refractivity contribution in [1.29, 1.82) is 0 Å². The van der Waals surface area contributed by atoms with Gasteiger partial charge in [-0.25, -0.2) is 0 Å². The van der Waals surface area contributed by atoms with Crippen LogP contribution >= 0.6 is 15.9 Å². The van der Waals surface area contributed by atoms with Crippen LogP contribution in [0.15, 0.2) is 41.0 Å². The van der Waals surface area contributed by atoms with Gasteiger partial charge in [-0.3, -0.25) is 14.4 Å². The van der Waals surface area contributed by atoms with E-state index < -0.39 is 0 Å². The average Bonchev–Trinajstić information content (AvgIpc) is 2.68. The maximum Gasteiger partial charge on any atom is 0.259 e. The number of hydrogen-bond donors (Lipinski definition) is 0. The molecule has 0 fully saturated rings. The van der Waals surface area contributed by atoms with Gasteiger partial charge in [-0.05, 0) is 28.1 Å². The number of halogens is 1. The molecule has 5 heteroatoms. The average molecular weight is 294 g/mol. The summed E-state index contributed by atoms with van der Waals surface area (Å²) < 4.78 is 2.46. The second-order valence-electron chi connectivity index (χ2n) is 3.67. The third-order valence-electron chi connectivity index (χ3n) is 2.51. The van der Waals surface area contributed by atoms with Crippen molar-refractivity contribution in [2.75, 3.05) is 11.9 Å². The van der Waals surface area contributed by atoms with Gasteiger partial charge in [-0.1, -0.05) is 18.2 Å². The second-order valence-corrected chi connectivity index (χ2v) is 4.52. The van der Waals surface area contributed by atoms with Crippen molar-refractivity contribution in [3.63, 3.8) is 0 Å². The van der Waals surface area contributed by atoms with Crippen molar-refractivity contribution >= 4 is 27.7 Å². The Labute approximate surface area is 108 Å². The summed E-state index contributed by atoms with van der Waals surface area (Å²) in [7, 11) is 3.53. The number of hydrogen-bond acceptors (Lipinski definition) is 2. The van der Waals surface area contributed by atoms with Crippen molar-refractivity contribution in [3.8, 4) is 0 Å². The summed E-state index contributed by atoms with van der Waals surface area (Å²) in [6.07, 6.45) is 1.67. The fourth-order valence-corrected chi connectivity index (χ4v) is 2.27. The molecular formula is C12H12BrN3O. The van der Waals surface area contributed by atoms with Crippen molar-refractivity contribution in [3.05, 3.63) is 46.6 Å². The predicted octanol–water partition coefficient (Wildman–Crippen LogP) is 2.46. The quantitative estimate of drug-likeness (QED) is 0.853. The fourth-order valence-electron chi connectivity index (χ4n) is 1.65. The maximum atomic E-state index is 12.2. The summed E-state index contributed by atoms with van der Waals surface area (Å²) in [6, 6.07) is 9.17.